The Hall–Kier alpha value is -2.04. The van der Waals surface area contributed by atoms with Gasteiger partial charge in [0.15, 0.2) is 6.61 Å². The van der Waals surface area contributed by atoms with E-state index in [1.807, 2.05) is 30.3 Å². The summed E-state index contributed by atoms with van der Waals surface area (Å²) in [5, 5.41) is 5.13. The number of nitrogens with one attached hydrogen (secondary N) is 1. The summed E-state index contributed by atoms with van der Waals surface area (Å²) in [5.74, 6) is 0.0513. The minimum absolute atomic E-state index is 0.180. The lowest BCUT2D eigenvalue weighted by molar-refractivity contribution is -0.123. The van der Waals surface area contributed by atoms with Gasteiger partial charge >= 0.3 is 0 Å². The zero-order valence-corrected chi connectivity index (χ0v) is 15.5. The molecule has 0 atom stereocenters. The predicted molar refractivity (Wildman–Crippen MR) is 103 cm³/mol. The Balaban J connectivity index is 1.96. The van der Waals surface area contributed by atoms with Crippen molar-refractivity contribution in [2.45, 2.75) is 26.2 Å². The molecule has 0 spiro atoms. The first-order valence-electron chi connectivity index (χ1n) is 8.09. The molecule has 0 radical (unpaired) electrons. The minimum Gasteiger partial charge on any atom is -0.482 e. The SMILES string of the molecule is CCCCC(=NNC(=O)COc1ccc(Cl)cc1Cl)c1ccccc1. The van der Waals surface area contributed by atoms with Crippen LogP contribution in [0.25, 0.3) is 0 Å². The van der Waals surface area contributed by atoms with Crippen LogP contribution >= 0.6 is 23.2 Å². The average Bonchev–Trinajstić information content (AvgIpc) is 2.62. The van der Waals surface area contributed by atoms with E-state index in [0.29, 0.717) is 15.8 Å². The van der Waals surface area contributed by atoms with Gasteiger partial charge < -0.3 is 4.74 Å². The third kappa shape index (κ3) is 6.40. The van der Waals surface area contributed by atoms with Crippen molar-refractivity contribution in [1.82, 2.24) is 5.43 Å². The summed E-state index contributed by atoms with van der Waals surface area (Å²) < 4.78 is 5.40. The van der Waals surface area contributed by atoms with Crippen molar-refractivity contribution in [1.29, 1.82) is 0 Å². The molecule has 25 heavy (non-hydrogen) atoms. The highest BCUT2D eigenvalue weighted by molar-refractivity contribution is 6.35. The third-order valence-corrected chi connectivity index (χ3v) is 3.97. The molecule has 132 valence electrons. The number of halogens is 2. The lowest BCUT2D eigenvalue weighted by Gasteiger charge is -2.09. The molecule has 4 nitrogen and oxygen atoms in total. The summed E-state index contributed by atoms with van der Waals surface area (Å²) in [5.41, 5.74) is 4.39. The van der Waals surface area contributed by atoms with Crippen LogP contribution in [-0.4, -0.2) is 18.2 Å². The first-order chi connectivity index (χ1) is 12.1. The molecule has 0 unspecified atom stereocenters. The van der Waals surface area contributed by atoms with Crippen molar-refractivity contribution in [3.8, 4) is 5.75 Å². The smallest absolute Gasteiger partial charge is 0.277 e. The minimum atomic E-state index is -0.351. The number of hydrogen-bond donors (Lipinski definition) is 1. The fourth-order valence-corrected chi connectivity index (χ4v) is 2.60. The van der Waals surface area contributed by atoms with Gasteiger partial charge in [-0.15, -0.1) is 0 Å². The number of amides is 1. The second-order valence-corrected chi connectivity index (χ2v) is 6.27. The molecule has 0 saturated carbocycles. The van der Waals surface area contributed by atoms with Gasteiger partial charge in [0, 0.05) is 5.02 Å². The molecule has 0 aliphatic heterocycles. The van der Waals surface area contributed by atoms with E-state index >= 15 is 0 Å². The number of benzene rings is 2. The van der Waals surface area contributed by atoms with Crippen LogP contribution in [0.1, 0.15) is 31.7 Å². The number of unbranched alkanes of at least 4 members (excludes halogenated alkanes) is 1. The van der Waals surface area contributed by atoms with Crippen molar-refractivity contribution in [3.63, 3.8) is 0 Å². The molecule has 2 aromatic rings. The quantitative estimate of drug-likeness (QED) is 0.514. The van der Waals surface area contributed by atoms with Crippen LogP contribution in [0.2, 0.25) is 10.0 Å². The maximum absolute atomic E-state index is 12.0. The van der Waals surface area contributed by atoms with Crippen LogP contribution in [0.5, 0.6) is 5.75 Å². The third-order valence-electron chi connectivity index (χ3n) is 3.44. The van der Waals surface area contributed by atoms with Crippen LogP contribution in [0.15, 0.2) is 53.6 Å². The van der Waals surface area contributed by atoms with Gasteiger partial charge in [0.05, 0.1) is 10.7 Å². The Morgan fingerprint density at radius 2 is 1.92 bits per heavy atom. The van der Waals surface area contributed by atoms with E-state index in [1.54, 1.807) is 18.2 Å². The zero-order chi connectivity index (χ0) is 18.1. The normalized spacial score (nSPS) is 11.2. The Labute approximate surface area is 157 Å². The molecule has 1 N–H and O–H groups in total. The van der Waals surface area contributed by atoms with Gasteiger partial charge in [-0.05, 0) is 36.6 Å². The summed E-state index contributed by atoms with van der Waals surface area (Å²) in [6.45, 7) is 1.94. The number of ether oxygens (including phenoxy) is 1. The maximum atomic E-state index is 12.0. The predicted octanol–water partition coefficient (Wildman–Crippen LogP) is 5.08. The highest BCUT2D eigenvalue weighted by Crippen LogP contribution is 2.27. The molecular weight excluding hydrogens is 359 g/mol. The fourth-order valence-electron chi connectivity index (χ4n) is 2.14. The van der Waals surface area contributed by atoms with E-state index in [4.69, 9.17) is 27.9 Å². The van der Waals surface area contributed by atoms with Gasteiger partial charge in [-0.3, -0.25) is 4.79 Å². The molecule has 1 amide bonds. The van der Waals surface area contributed by atoms with E-state index in [0.717, 1.165) is 30.5 Å². The van der Waals surface area contributed by atoms with Gasteiger partial charge in [0.25, 0.3) is 5.91 Å². The number of carbonyl (C=O) groups is 1. The lowest BCUT2D eigenvalue weighted by atomic mass is 10.1. The highest BCUT2D eigenvalue weighted by atomic mass is 35.5. The second kappa shape index (κ2) is 10.1. The number of rotatable bonds is 8. The van der Waals surface area contributed by atoms with Crippen LogP contribution in [0.3, 0.4) is 0 Å². The largest absolute Gasteiger partial charge is 0.482 e. The Morgan fingerprint density at radius 1 is 1.16 bits per heavy atom. The number of carbonyl (C=O) groups excluding carboxylic acids is 1. The van der Waals surface area contributed by atoms with Crippen LogP contribution in [-0.2, 0) is 4.79 Å². The summed E-state index contributed by atoms with van der Waals surface area (Å²) in [4.78, 5) is 12.0. The second-order valence-electron chi connectivity index (χ2n) is 5.43. The van der Waals surface area contributed by atoms with Crippen molar-refractivity contribution in [2.24, 2.45) is 5.10 Å². The molecular formula is C19H20Cl2N2O2. The Morgan fingerprint density at radius 3 is 2.60 bits per heavy atom. The van der Waals surface area contributed by atoms with Crippen molar-refractivity contribution < 1.29 is 9.53 Å². The number of hydrazone groups is 1. The Bertz CT molecular complexity index is 733. The molecule has 0 aliphatic rings. The van der Waals surface area contributed by atoms with Gasteiger partial charge in [0.2, 0.25) is 0 Å². The molecule has 6 heteroatoms. The summed E-state index contributed by atoms with van der Waals surface area (Å²) >= 11 is 11.8. The zero-order valence-electron chi connectivity index (χ0n) is 14.0. The highest BCUT2D eigenvalue weighted by Gasteiger charge is 2.08. The molecule has 2 rings (SSSR count). The first kappa shape index (κ1) is 19.3. The number of nitrogens with zero attached hydrogens (tertiary/aromatic N) is 1. The first-order valence-corrected chi connectivity index (χ1v) is 8.84. The fraction of sp³-hybridized carbons (Fsp3) is 0.263. The van der Waals surface area contributed by atoms with Crippen LogP contribution in [0.4, 0.5) is 0 Å². The summed E-state index contributed by atoms with van der Waals surface area (Å²) in [7, 11) is 0. The van der Waals surface area contributed by atoms with Gasteiger partial charge in [-0.1, -0.05) is 66.9 Å². The standard InChI is InChI=1S/C19H20Cl2N2O2/c1-2-3-9-17(14-7-5-4-6-8-14)22-23-19(24)13-25-18-11-10-15(20)12-16(18)21/h4-8,10-12H,2-3,9,13H2,1H3,(H,23,24). The molecule has 0 heterocycles. The number of hydrogen-bond acceptors (Lipinski definition) is 3. The van der Waals surface area contributed by atoms with E-state index in [-0.39, 0.29) is 12.5 Å². The van der Waals surface area contributed by atoms with Crippen molar-refractivity contribution in [2.75, 3.05) is 6.61 Å². The van der Waals surface area contributed by atoms with E-state index < -0.39 is 0 Å². The van der Waals surface area contributed by atoms with Crippen molar-refractivity contribution in [3.05, 3.63) is 64.1 Å². The van der Waals surface area contributed by atoms with Gasteiger partial charge in [0.1, 0.15) is 5.75 Å². The van der Waals surface area contributed by atoms with Gasteiger partial charge in [-0.2, -0.15) is 5.10 Å². The van der Waals surface area contributed by atoms with E-state index in [9.17, 15) is 4.79 Å². The topological polar surface area (TPSA) is 50.7 Å². The molecule has 2 aromatic carbocycles. The monoisotopic (exact) mass is 378 g/mol. The van der Waals surface area contributed by atoms with E-state index in [2.05, 4.69) is 17.5 Å². The Kier molecular flexibility index (Phi) is 7.76. The van der Waals surface area contributed by atoms with Crippen LogP contribution < -0.4 is 10.2 Å². The summed E-state index contributed by atoms with van der Waals surface area (Å²) in [6.07, 6.45) is 2.85. The van der Waals surface area contributed by atoms with Gasteiger partial charge in [-0.25, -0.2) is 5.43 Å². The van der Waals surface area contributed by atoms with Crippen LogP contribution in [0, 0.1) is 0 Å². The molecule has 0 aliphatic carbocycles. The molecule has 0 bridgehead atoms. The maximum Gasteiger partial charge on any atom is 0.277 e. The molecule has 0 saturated heterocycles. The molecule has 0 aromatic heterocycles. The van der Waals surface area contributed by atoms with Crippen molar-refractivity contribution >= 4 is 34.8 Å². The molecule has 0 fully saturated rings. The lowest BCUT2D eigenvalue weighted by Crippen LogP contribution is -2.26. The van der Waals surface area contributed by atoms with E-state index in [1.165, 1.54) is 0 Å². The average molecular weight is 379 g/mol. The summed E-state index contributed by atoms with van der Waals surface area (Å²) in [6, 6.07) is 14.6.